The summed E-state index contributed by atoms with van der Waals surface area (Å²) >= 11 is 0. The summed E-state index contributed by atoms with van der Waals surface area (Å²) in [5, 5.41) is 2.89. The van der Waals surface area contributed by atoms with Crippen molar-refractivity contribution in [2.24, 2.45) is 5.41 Å². The van der Waals surface area contributed by atoms with Gasteiger partial charge in [0, 0.05) is 25.0 Å². The highest BCUT2D eigenvalue weighted by atomic mass is 16.6. The highest BCUT2D eigenvalue weighted by Gasteiger charge is 2.46. The van der Waals surface area contributed by atoms with E-state index in [0.717, 1.165) is 37.3 Å². The van der Waals surface area contributed by atoms with E-state index in [-0.39, 0.29) is 17.3 Å². The zero-order valence-electron chi connectivity index (χ0n) is 15.1. The summed E-state index contributed by atoms with van der Waals surface area (Å²) in [5.74, 6) is 0.465. The molecule has 0 saturated carbocycles. The predicted octanol–water partition coefficient (Wildman–Crippen LogP) is 2.66. The number of nitrogens with one attached hydrogen (secondary N) is 1. The second kappa shape index (κ2) is 6.17. The molecule has 1 unspecified atom stereocenters. The first kappa shape index (κ1) is 17.5. The van der Waals surface area contributed by atoms with E-state index >= 15 is 0 Å². The number of esters is 1. The monoisotopic (exact) mass is 343 g/mol. The van der Waals surface area contributed by atoms with Gasteiger partial charge in [0.1, 0.15) is 11.4 Å². The van der Waals surface area contributed by atoms with Crippen molar-refractivity contribution in [1.29, 1.82) is 0 Å². The molecule has 1 atom stereocenters. The second-order valence-electron chi connectivity index (χ2n) is 7.92. The van der Waals surface area contributed by atoms with E-state index in [1.54, 1.807) is 6.07 Å². The minimum Gasteiger partial charge on any atom is -0.456 e. The Balaban J connectivity index is 1.69. The molecule has 3 heterocycles. The summed E-state index contributed by atoms with van der Waals surface area (Å²) in [6.07, 6.45) is 3.99. The standard InChI is InChI=1S/C19H25N3O3/c1-13-7-8-19(17(24)21-13)9-10-22(12-19)15-6-5-14(11-20-15)16(23)25-18(2,3)4/h5-6,11H,1,7-10,12H2,2-4H3,(H,21,24). The van der Waals surface area contributed by atoms with Crippen LogP contribution in [-0.4, -0.2) is 35.6 Å². The zero-order valence-corrected chi connectivity index (χ0v) is 15.1. The third-order valence-corrected chi connectivity index (χ3v) is 4.74. The van der Waals surface area contributed by atoms with E-state index in [1.807, 2.05) is 26.8 Å². The fourth-order valence-corrected chi connectivity index (χ4v) is 3.35. The van der Waals surface area contributed by atoms with Crippen LogP contribution in [-0.2, 0) is 9.53 Å². The van der Waals surface area contributed by atoms with Gasteiger partial charge in [-0.25, -0.2) is 9.78 Å². The van der Waals surface area contributed by atoms with E-state index < -0.39 is 5.60 Å². The Bertz CT molecular complexity index is 706. The number of allylic oxidation sites excluding steroid dienone is 1. The van der Waals surface area contributed by atoms with E-state index in [9.17, 15) is 9.59 Å². The van der Waals surface area contributed by atoms with Gasteiger partial charge < -0.3 is 15.0 Å². The molecule has 134 valence electrons. The Morgan fingerprint density at radius 2 is 2.12 bits per heavy atom. The third-order valence-electron chi connectivity index (χ3n) is 4.74. The molecule has 3 rings (SSSR count). The number of piperidine rings is 1. The molecule has 0 aliphatic carbocycles. The number of ether oxygens (including phenoxy) is 1. The molecule has 2 aliphatic heterocycles. The van der Waals surface area contributed by atoms with Crippen molar-refractivity contribution in [3.05, 3.63) is 36.2 Å². The topological polar surface area (TPSA) is 71.5 Å². The quantitative estimate of drug-likeness (QED) is 0.836. The minimum absolute atomic E-state index is 0.0663. The number of carbonyl (C=O) groups excluding carboxylic acids is 2. The number of nitrogens with zero attached hydrogens (tertiary/aromatic N) is 2. The van der Waals surface area contributed by atoms with E-state index in [1.165, 1.54) is 6.20 Å². The SMILES string of the molecule is C=C1CCC2(CCN(c3ccc(C(=O)OC(C)(C)C)cn3)C2)C(=O)N1. The molecule has 1 spiro atoms. The first-order valence-corrected chi connectivity index (χ1v) is 8.62. The van der Waals surface area contributed by atoms with Crippen LogP contribution in [0.15, 0.2) is 30.6 Å². The Kier molecular flexibility index (Phi) is 4.31. The number of anilines is 1. The first-order valence-electron chi connectivity index (χ1n) is 8.62. The van der Waals surface area contributed by atoms with Crippen molar-refractivity contribution in [1.82, 2.24) is 10.3 Å². The number of amides is 1. The second-order valence-corrected chi connectivity index (χ2v) is 7.92. The van der Waals surface area contributed by atoms with Crippen LogP contribution in [0.3, 0.4) is 0 Å². The first-order chi connectivity index (χ1) is 11.7. The molecule has 6 heteroatoms. The maximum atomic E-state index is 12.4. The van der Waals surface area contributed by atoms with Crippen molar-refractivity contribution in [2.75, 3.05) is 18.0 Å². The van der Waals surface area contributed by atoms with Gasteiger partial charge in [-0.2, -0.15) is 0 Å². The van der Waals surface area contributed by atoms with Crippen molar-refractivity contribution in [3.8, 4) is 0 Å². The average Bonchev–Trinajstić information content (AvgIpc) is 2.96. The summed E-state index contributed by atoms with van der Waals surface area (Å²) in [5.41, 5.74) is 0.343. The Morgan fingerprint density at radius 1 is 1.36 bits per heavy atom. The van der Waals surface area contributed by atoms with Gasteiger partial charge in [-0.3, -0.25) is 4.79 Å². The van der Waals surface area contributed by atoms with Crippen LogP contribution in [0, 0.1) is 5.41 Å². The lowest BCUT2D eigenvalue weighted by molar-refractivity contribution is -0.131. The van der Waals surface area contributed by atoms with Gasteiger partial charge >= 0.3 is 5.97 Å². The lowest BCUT2D eigenvalue weighted by Crippen LogP contribution is -2.46. The number of carbonyl (C=O) groups is 2. The summed E-state index contributed by atoms with van der Waals surface area (Å²) in [7, 11) is 0. The lowest BCUT2D eigenvalue weighted by Gasteiger charge is -2.33. The zero-order chi connectivity index (χ0) is 18.2. The largest absolute Gasteiger partial charge is 0.456 e. The van der Waals surface area contributed by atoms with E-state index in [4.69, 9.17) is 4.74 Å². The molecule has 2 aliphatic rings. The molecular weight excluding hydrogens is 318 g/mol. The van der Waals surface area contributed by atoms with Crippen LogP contribution in [0.4, 0.5) is 5.82 Å². The lowest BCUT2D eigenvalue weighted by atomic mass is 9.78. The van der Waals surface area contributed by atoms with E-state index in [0.29, 0.717) is 12.1 Å². The van der Waals surface area contributed by atoms with Crippen molar-refractivity contribution < 1.29 is 14.3 Å². The highest BCUT2D eigenvalue weighted by molar-refractivity contribution is 5.89. The van der Waals surface area contributed by atoms with Gasteiger partial charge in [-0.15, -0.1) is 0 Å². The average molecular weight is 343 g/mol. The van der Waals surface area contributed by atoms with Crippen molar-refractivity contribution in [2.45, 2.75) is 45.6 Å². The highest BCUT2D eigenvalue weighted by Crippen LogP contribution is 2.40. The summed E-state index contributed by atoms with van der Waals surface area (Å²) in [6.45, 7) is 10.8. The van der Waals surface area contributed by atoms with Gasteiger partial charge in [-0.1, -0.05) is 6.58 Å². The molecule has 0 bridgehead atoms. The Morgan fingerprint density at radius 3 is 2.72 bits per heavy atom. The normalized spacial score (nSPS) is 23.7. The van der Waals surface area contributed by atoms with Crippen molar-refractivity contribution in [3.63, 3.8) is 0 Å². The van der Waals surface area contributed by atoms with Crippen LogP contribution in [0.5, 0.6) is 0 Å². The number of pyridine rings is 1. The number of hydrogen-bond donors (Lipinski definition) is 1. The van der Waals surface area contributed by atoms with Gasteiger partial charge in [0.25, 0.3) is 0 Å². The maximum absolute atomic E-state index is 12.4. The molecule has 6 nitrogen and oxygen atoms in total. The molecule has 1 aromatic rings. The van der Waals surface area contributed by atoms with Gasteiger partial charge in [0.15, 0.2) is 0 Å². The number of hydrogen-bond acceptors (Lipinski definition) is 5. The van der Waals surface area contributed by atoms with Gasteiger partial charge in [0.05, 0.1) is 11.0 Å². The molecule has 1 amide bonds. The van der Waals surface area contributed by atoms with Gasteiger partial charge in [0.2, 0.25) is 5.91 Å². The molecule has 1 aromatic heterocycles. The number of aromatic nitrogens is 1. The van der Waals surface area contributed by atoms with E-state index in [2.05, 4.69) is 21.8 Å². The predicted molar refractivity (Wildman–Crippen MR) is 95.2 cm³/mol. The summed E-state index contributed by atoms with van der Waals surface area (Å²) < 4.78 is 5.35. The summed E-state index contributed by atoms with van der Waals surface area (Å²) in [6, 6.07) is 3.54. The van der Waals surface area contributed by atoms with Gasteiger partial charge in [-0.05, 0) is 52.2 Å². The maximum Gasteiger partial charge on any atom is 0.340 e. The molecule has 1 N–H and O–H groups in total. The Hall–Kier alpha value is -2.37. The fourth-order valence-electron chi connectivity index (χ4n) is 3.35. The van der Waals surface area contributed by atoms with Crippen LogP contribution in [0.1, 0.15) is 50.4 Å². The van der Waals surface area contributed by atoms with Crippen molar-refractivity contribution >= 4 is 17.7 Å². The third kappa shape index (κ3) is 3.67. The molecular formula is C19H25N3O3. The van der Waals surface area contributed by atoms with Crippen LogP contribution in [0.2, 0.25) is 0 Å². The summed E-state index contributed by atoms with van der Waals surface area (Å²) in [4.78, 5) is 31.0. The minimum atomic E-state index is -0.532. The number of rotatable bonds is 2. The van der Waals surface area contributed by atoms with Crippen LogP contribution in [0.25, 0.3) is 0 Å². The molecule has 0 aromatic carbocycles. The molecule has 2 fully saturated rings. The molecule has 2 saturated heterocycles. The van der Waals surface area contributed by atoms with Crippen LogP contribution < -0.4 is 10.2 Å². The smallest absolute Gasteiger partial charge is 0.340 e. The molecule has 0 radical (unpaired) electrons. The Labute approximate surface area is 148 Å². The molecule has 25 heavy (non-hydrogen) atoms. The van der Waals surface area contributed by atoms with Crippen LogP contribution >= 0.6 is 0 Å². The fraction of sp³-hybridized carbons (Fsp3) is 0.526.